The Morgan fingerprint density at radius 1 is 0.900 bits per heavy atom. The normalized spacial score (nSPS) is 12.9. The topological polar surface area (TPSA) is 130 Å². The lowest BCUT2D eigenvalue weighted by Crippen LogP contribution is -2.43. The van der Waals surface area contributed by atoms with E-state index in [-0.39, 0.29) is 0 Å². The molecular formula is C29H26N10S. The van der Waals surface area contributed by atoms with Crippen LogP contribution in [0.3, 0.4) is 0 Å². The summed E-state index contributed by atoms with van der Waals surface area (Å²) in [5.41, 5.74) is 8.15. The molecule has 40 heavy (non-hydrogen) atoms. The van der Waals surface area contributed by atoms with Gasteiger partial charge < -0.3 is 21.3 Å². The number of piperazine rings is 1. The Balaban J connectivity index is 1.13. The maximum Gasteiger partial charge on any atom is 0.235 e. The van der Waals surface area contributed by atoms with E-state index in [0.29, 0.717) is 28.8 Å². The number of benzene rings is 1. The van der Waals surface area contributed by atoms with Crippen molar-refractivity contribution in [1.29, 1.82) is 0 Å². The molecule has 1 aliphatic heterocycles. The fourth-order valence-electron chi connectivity index (χ4n) is 4.21. The highest BCUT2D eigenvalue weighted by Gasteiger charge is 2.12. The monoisotopic (exact) mass is 546 g/mol. The standard InChI is InChI=1S/C29H26N10S/c30-28-20(2-1-11-33-28)3-8-25-24-18-26(35-19-21(24)9-12-32-25)36-22-4-6-23(7-5-22)40-38-29-34-13-10-27(37-29)39-16-14-31-15-17-39/h1-2,4-7,9-13,18-19,31H,14-17H2,(H2,30,33)(H,35,36)(H,34,37,38). The summed E-state index contributed by atoms with van der Waals surface area (Å²) in [6, 6.07) is 17.5. The summed E-state index contributed by atoms with van der Waals surface area (Å²) in [6.07, 6.45) is 6.97. The number of hydrogen-bond acceptors (Lipinski definition) is 11. The van der Waals surface area contributed by atoms with Crippen molar-refractivity contribution in [2.45, 2.75) is 4.90 Å². The van der Waals surface area contributed by atoms with Crippen molar-refractivity contribution in [2.75, 3.05) is 46.9 Å². The first kappa shape index (κ1) is 25.4. The van der Waals surface area contributed by atoms with Gasteiger partial charge in [-0.3, -0.25) is 4.72 Å². The van der Waals surface area contributed by atoms with E-state index in [1.807, 2.05) is 60.8 Å². The third-order valence-corrected chi connectivity index (χ3v) is 7.06. The Bertz CT molecular complexity index is 1690. The Labute approximate surface area is 236 Å². The fourth-order valence-corrected chi connectivity index (χ4v) is 4.79. The van der Waals surface area contributed by atoms with Gasteiger partial charge in [-0.15, -0.1) is 0 Å². The molecule has 4 aromatic heterocycles. The molecule has 0 bridgehead atoms. The number of nitrogens with two attached hydrogens (primary N) is 1. The number of hydrogen-bond donors (Lipinski definition) is 4. The highest BCUT2D eigenvalue weighted by Crippen LogP contribution is 2.25. The zero-order valence-corrected chi connectivity index (χ0v) is 22.3. The van der Waals surface area contributed by atoms with Crippen molar-refractivity contribution in [3.63, 3.8) is 0 Å². The summed E-state index contributed by atoms with van der Waals surface area (Å²) in [6.45, 7) is 3.81. The quantitative estimate of drug-likeness (QED) is 0.182. The van der Waals surface area contributed by atoms with Crippen LogP contribution < -0.4 is 26.0 Å². The zero-order valence-electron chi connectivity index (χ0n) is 21.5. The Morgan fingerprint density at radius 3 is 2.60 bits per heavy atom. The van der Waals surface area contributed by atoms with Gasteiger partial charge in [-0.1, -0.05) is 5.92 Å². The maximum atomic E-state index is 5.93. The molecule has 11 heteroatoms. The second-order valence-electron chi connectivity index (χ2n) is 8.97. The van der Waals surface area contributed by atoms with Gasteiger partial charge in [-0.25, -0.2) is 19.9 Å². The van der Waals surface area contributed by atoms with Crippen LogP contribution in [0.25, 0.3) is 10.8 Å². The van der Waals surface area contributed by atoms with Crippen LogP contribution in [-0.2, 0) is 0 Å². The Morgan fingerprint density at radius 2 is 1.75 bits per heavy atom. The molecule has 1 fully saturated rings. The molecule has 0 saturated carbocycles. The van der Waals surface area contributed by atoms with Crippen molar-refractivity contribution in [2.24, 2.45) is 0 Å². The van der Waals surface area contributed by atoms with Crippen LogP contribution in [0.1, 0.15) is 11.3 Å². The van der Waals surface area contributed by atoms with Crippen LogP contribution in [0.15, 0.2) is 84.3 Å². The molecule has 5 aromatic rings. The summed E-state index contributed by atoms with van der Waals surface area (Å²) in [7, 11) is 0. The van der Waals surface area contributed by atoms with Gasteiger partial charge in [0.1, 0.15) is 23.1 Å². The second kappa shape index (κ2) is 11.9. The first-order valence-corrected chi connectivity index (χ1v) is 13.6. The van der Waals surface area contributed by atoms with Crippen molar-refractivity contribution in [1.82, 2.24) is 30.2 Å². The van der Waals surface area contributed by atoms with Gasteiger partial charge in [0, 0.05) is 72.3 Å². The number of pyridine rings is 3. The molecule has 1 saturated heterocycles. The Hall–Kier alpha value is -4.92. The smallest absolute Gasteiger partial charge is 0.235 e. The van der Waals surface area contributed by atoms with Gasteiger partial charge in [-0.05, 0) is 72.5 Å². The maximum absolute atomic E-state index is 5.93. The van der Waals surface area contributed by atoms with E-state index < -0.39 is 0 Å². The van der Waals surface area contributed by atoms with Crippen molar-refractivity contribution < 1.29 is 0 Å². The third kappa shape index (κ3) is 6.04. The van der Waals surface area contributed by atoms with Crippen LogP contribution in [-0.4, -0.2) is 51.1 Å². The summed E-state index contributed by atoms with van der Waals surface area (Å²) >= 11 is 1.47. The number of aromatic nitrogens is 5. The number of nitrogens with one attached hydrogen (secondary N) is 3. The van der Waals surface area contributed by atoms with Gasteiger partial charge in [0.05, 0.1) is 5.56 Å². The van der Waals surface area contributed by atoms with Gasteiger partial charge in [-0.2, -0.15) is 4.98 Å². The summed E-state index contributed by atoms with van der Waals surface area (Å²) in [5.74, 6) is 8.82. The third-order valence-electron chi connectivity index (χ3n) is 6.27. The lowest BCUT2D eigenvalue weighted by Gasteiger charge is -2.28. The molecule has 0 atom stereocenters. The minimum atomic E-state index is 0.396. The first-order valence-electron chi connectivity index (χ1n) is 12.8. The molecule has 1 aliphatic rings. The summed E-state index contributed by atoms with van der Waals surface area (Å²) in [5, 5.41) is 8.58. The lowest BCUT2D eigenvalue weighted by atomic mass is 10.1. The molecule has 5 N–H and O–H groups in total. The first-order chi connectivity index (χ1) is 19.7. The highest BCUT2D eigenvalue weighted by atomic mass is 32.2. The predicted molar refractivity (Wildman–Crippen MR) is 160 cm³/mol. The molecule has 6 rings (SSSR count). The van der Waals surface area contributed by atoms with Crippen LogP contribution in [0.4, 0.5) is 29.1 Å². The van der Waals surface area contributed by atoms with Gasteiger partial charge in [0.15, 0.2) is 0 Å². The molecule has 5 heterocycles. The minimum Gasteiger partial charge on any atom is -0.383 e. The largest absolute Gasteiger partial charge is 0.383 e. The number of fused-ring (bicyclic) bond motifs is 1. The SMILES string of the molecule is Nc1ncccc1C#Cc1nccc2cnc(Nc3ccc(SNc4nccc(N5CCNCC5)n4)cc3)cc12. The molecule has 10 nitrogen and oxygen atoms in total. The van der Waals surface area contributed by atoms with Gasteiger partial charge in [0.2, 0.25) is 5.95 Å². The van der Waals surface area contributed by atoms with Crippen LogP contribution in [0.5, 0.6) is 0 Å². The highest BCUT2D eigenvalue weighted by molar-refractivity contribution is 8.00. The number of nitrogen functional groups attached to an aromatic ring is 1. The number of anilines is 5. The van der Waals surface area contributed by atoms with Crippen LogP contribution in [0.2, 0.25) is 0 Å². The zero-order chi connectivity index (χ0) is 27.1. The van der Waals surface area contributed by atoms with E-state index in [4.69, 9.17) is 5.73 Å². The Kier molecular flexibility index (Phi) is 7.52. The van der Waals surface area contributed by atoms with E-state index in [2.05, 4.69) is 57.0 Å². The average molecular weight is 547 g/mol. The van der Waals surface area contributed by atoms with Gasteiger partial charge in [0.25, 0.3) is 0 Å². The lowest BCUT2D eigenvalue weighted by molar-refractivity contribution is 0.585. The average Bonchev–Trinajstić information content (AvgIpc) is 3.01. The molecular weight excluding hydrogens is 520 g/mol. The summed E-state index contributed by atoms with van der Waals surface area (Å²) in [4.78, 5) is 25.4. The van der Waals surface area contributed by atoms with Crippen molar-refractivity contribution in [3.05, 3.63) is 90.6 Å². The van der Waals surface area contributed by atoms with Crippen LogP contribution >= 0.6 is 11.9 Å². The number of rotatable bonds is 6. The second-order valence-corrected chi connectivity index (χ2v) is 9.85. The van der Waals surface area contributed by atoms with Crippen molar-refractivity contribution >= 4 is 51.8 Å². The van der Waals surface area contributed by atoms with Gasteiger partial charge >= 0.3 is 0 Å². The van der Waals surface area contributed by atoms with Crippen LogP contribution in [0, 0.1) is 11.8 Å². The molecule has 0 amide bonds. The van der Waals surface area contributed by atoms with Crippen molar-refractivity contribution in [3.8, 4) is 11.8 Å². The molecule has 0 aliphatic carbocycles. The van der Waals surface area contributed by atoms with E-state index in [1.165, 1.54) is 11.9 Å². The molecule has 0 unspecified atom stereocenters. The van der Waals surface area contributed by atoms with E-state index >= 15 is 0 Å². The molecule has 198 valence electrons. The predicted octanol–water partition coefficient (Wildman–Crippen LogP) is 4.07. The molecule has 0 spiro atoms. The minimum absolute atomic E-state index is 0.396. The van der Waals surface area contributed by atoms with E-state index in [1.54, 1.807) is 18.6 Å². The number of nitrogens with zero attached hydrogens (tertiary/aromatic N) is 6. The van der Waals surface area contributed by atoms with E-state index in [0.717, 1.165) is 53.4 Å². The molecule has 0 radical (unpaired) electrons. The summed E-state index contributed by atoms with van der Waals surface area (Å²) < 4.78 is 3.25. The molecule has 1 aromatic carbocycles. The van der Waals surface area contributed by atoms with E-state index in [9.17, 15) is 0 Å². The fraction of sp³-hybridized carbons (Fsp3) is 0.138.